The molecule has 5 N–H and O–H groups in total. The summed E-state index contributed by atoms with van der Waals surface area (Å²) in [5, 5.41) is 9.36. The van der Waals surface area contributed by atoms with Crippen LogP contribution < -0.4 is 11.5 Å². The van der Waals surface area contributed by atoms with Gasteiger partial charge in [0.25, 0.3) is 0 Å². The van der Waals surface area contributed by atoms with Gasteiger partial charge in [0.05, 0.1) is 10.6 Å². The second-order valence-corrected chi connectivity index (χ2v) is 7.18. The Morgan fingerprint density at radius 1 is 1.33 bits per heavy atom. The number of benzene rings is 1. The van der Waals surface area contributed by atoms with Gasteiger partial charge in [-0.1, -0.05) is 0 Å². The number of rotatable bonds is 4. The molecule has 0 spiro atoms. The Hall–Kier alpha value is -1.80. The number of carbonyl (C=O) groups is 1. The molecule has 0 unspecified atom stereocenters. The van der Waals surface area contributed by atoms with E-state index in [0.29, 0.717) is 32.4 Å². The zero-order valence-corrected chi connectivity index (χ0v) is 12.3. The first-order chi connectivity index (χ1) is 9.80. The summed E-state index contributed by atoms with van der Waals surface area (Å²) in [5.74, 6) is -0.365. The van der Waals surface area contributed by atoms with Crippen LogP contribution in [0.4, 0.5) is 5.69 Å². The molecule has 0 radical (unpaired) electrons. The van der Waals surface area contributed by atoms with Gasteiger partial charge in [0.1, 0.15) is 5.75 Å². The molecule has 0 aliphatic carbocycles. The van der Waals surface area contributed by atoms with Gasteiger partial charge in [-0.2, -0.15) is 4.31 Å². The van der Waals surface area contributed by atoms with Gasteiger partial charge in [-0.25, -0.2) is 8.42 Å². The van der Waals surface area contributed by atoms with Crippen molar-refractivity contribution in [3.05, 3.63) is 18.2 Å². The van der Waals surface area contributed by atoms with E-state index in [1.807, 2.05) is 0 Å². The first-order valence-electron chi connectivity index (χ1n) is 6.67. The van der Waals surface area contributed by atoms with Crippen LogP contribution in [0.2, 0.25) is 0 Å². The molecule has 1 aromatic rings. The van der Waals surface area contributed by atoms with E-state index < -0.39 is 10.0 Å². The highest BCUT2D eigenvalue weighted by Crippen LogP contribution is 2.28. The second kappa shape index (κ2) is 5.90. The molecular formula is C13H19N3O4S. The van der Waals surface area contributed by atoms with E-state index in [1.54, 1.807) is 0 Å². The van der Waals surface area contributed by atoms with Crippen molar-refractivity contribution < 1.29 is 18.3 Å². The molecule has 0 saturated carbocycles. The number of anilines is 1. The quantitative estimate of drug-likeness (QED) is 0.542. The Bertz CT molecular complexity index is 637. The lowest BCUT2D eigenvalue weighted by atomic mass is 9.94. The highest BCUT2D eigenvalue weighted by Gasteiger charge is 2.30. The van der Waals surface area contributed by atoms with E-state index in [1.165, 1.54) is 22.5 Å². The summed E-state index contributed by atoms with van der Waals surface area (Å²) in [6.45, 7) is 0.697. The highest BCUT2D eigenvalue weighted by molar-refractivity contribution is 7.89. The van der Waals surface area contributed by atoms with E-state index in [2.05, 4.69) is 0 Å². The van der Waals surface area contributed by atoms with E-state index in [9.17, 15) is 18.3 Å². The number of primary amides is 1. The molecule has 116 valence electrons. The summed E-state index contributed by atoms with van der Waals surface area (Å²) < 4.78 is 26.3. The minimum Gasteiger partial charge on any atom is -0.506 e. The maximum atomic E-state index is 12.5. The van der Waals surface area contributed by atoms with Crippen LogP contribution in [0.3, 0.4) is 0 Å². The van der Waals surface area contributed by atoms with Gasteiger partial charge in [0, 0.05) is 19.5 Å². The molecule has 1 heterocycles. The van der Waals surface area contributed by atoms with Crippen LogP contribution in [0.25, 0.3) is 0 Å². The number of hydrogen-bond acceptors (Lipinski definition) is 5. The number of piperidine rings is 1. The third-order valence-electron chi connectivity index (χ3n) is 3.70. The Labute approximate surface area is 123 Å². The lowest BCUT2D eigenvalue weighted by Gasteiger charge is -2.30. The predicted molar refractivity (Wildman–Crippen MR) is 77.8 cm³/mol. The van der Waals surface area contributed by atoms with Crippen molar-refractivity contribution >= 4 is 21.6 Å². The van der Waals surface area contributed by atoms with E-state index >= 15 is 0 Å². The Balaban J connectivity index is 2.11. The molecule has 8 heteroatoms. The maximum Gasteiger partial charge on any atom is 0.243 e. The van der Waals surface area contributed by atoms with Crippen LogP contribution >= 0.6 is 0 Å². The SMILES string of the molecule is NC(=O)CC1CCN(S(=O)(=O)c2ccc(O)c(N)c2)CC1. The number of carbonyl (C=O) groups excluding carboxylic acids is 1. The standard InChI is InChI=1S/C13H19N3O4S/c14-11-8-10(1-2-12(11)17)21(19,20)16-5-3-9(4-6-16)7-13(15)18/h1-2,8-9,17H,3-7,14H2,(H2,15,18). The third kappa shape index (κ3) is 3.45. The number of nitrogens with zero attached hydrogens (tertiary/aromatic N) is 1. The van der Waals surface area contributed by atoms with Crippen molar-refractivity contribution in [2.45, 2.75) is 24.2 Å². The summed E-state index contributed by atoms with van der Waals surface area (Å²) in [7, 11) is -3.63. The molecule has 21 heavy (non-hydrogen) atoms. The molecule has 1 aliphatic heterocycles. The normalized spacial score (nSPS) is 17.7. The second-order valence-electron chi connectivity index (χ2n) is 5.24. The van der Waals surface area contributed by atoms with Gasteiger partial charge in [-0.05, 0) is 37.0 Å². The van der Waals surface area contributed by atoms with Gasteiger partial charge < -0.3 is 16.6 Å². The zero-order chi connectivity index (χ0) is 15.6. The van der Waals surface area contributed by atoms with Crippen molar-refractivity contribution in [3.8, 4) is 5.75 Å². The minimum atomic E-state index is -3.63. The number of nitrogens with two attached hydrogens (primary N) is 2. The van der Waals surface area contributed by atoms with Crippen LogP contribution in [0.5, 0.6) is 5.75 Å². The molecule has 1 saturated heterocycles. The molecule has 1 aromatic carbocycles. The molecule has 1 fully saturated rings. The molecular weight excluding hydrogens is 294 g/mol. The smallest absolute Gasteiger partial charge is 0.243 e. The Morgan fingerprint density at radius 3 is 2.48 bits per heavy atom. The van der Waals surface area contributed by atoms with Gasteiger partial charge in [0.2, 0.25) is 15.9 Å². The topological polar surface area (TPSA) is 127 Å². The minimum absolute atomic E-state index is 0.0275. The number of aromatic hydroxyl groups is 1. The number of hydrogen-bond donors (Lipinski definition) is 3. The first-order valence-corrected chi connectivity index (χ1v) is 8.11. The number of amides is 1. The summed E-state index contributed by atoms with van der Waals surface area (Å²) in [4.78, 5) is 11.0. The monoisotopic (exact) mass is 313 g/mol. The summed E-state index contributed by atoms with van der Waals surface area (Å²) in [6.07, 6.45) is 1.51. The summed E-state index contributed by atoms with van der Waals surface area (Å²) in [6, 6.07) is 3.85. The lowest BCUT2D eigenvalue weighted by molar-refractivity contribution is -0.119. The van der Waals surface area contributed by atoms with E-state index in [0.717, 1.165) is 0 Å². The lowest BCUT2D eigenvalue weighted by Crippen LogP contribution is -2.39. The van der Waals surface area contributed by atoms with Gasteiger partial charge in [-0.3, -0.25) is 4.79 Å². The first kappa shape index (κ1) is 15.6. The van der Waals surface area contributed by atoms with Gasteiger partial charge in [-0.15, -0.1) is 0 Å². The number of phenols is 1. The molecule has 0 atom stereocenters. The maximum absolute atomic E-state index is 12.5. The molecule has 7 nitrogen and oxygen atoms in total. The summed E-state index contributed by atoms with van der Waals surface area (Å²) in [5.41, 5.74) is 10.7. The van der Waals surface area contributed by atoms with Crippen LogP contribution in [0.1, 0.15) is 19.3 Å². The van der Waals surface area contributed by atoms with Crippen molar-refractivity contribution in [2.24, 2.45) is 11.7 Å². The fourth-order valence-corrected chi connectivity index (χ4v) is 3.99. The Morgan fingerprint density at radius 2 is 1.95 bits per heavy atom. The Kier molecular flexibility index (Phi) is 4.38. The molecule has 2 rings (SSSR count). The average Bonchev–Trinajstić information content (AvgIpc) is 2.41. The molecule has 1 amide bonds. The predicted octanol–water partition coefficient (Wildman–Crippen LogP) is 0.250. The largest absolute Gasteiger partial charge is 0.506 e. The number of nitrogen functional groups attached to an aromatic ring is 1. The van der Waals surface area contributed by atoms with Crippen molar-refractivity contribution in [1.29, 1.82) is 0 Å². The molecule has 0 bridgehead atoms. The van der Waals surface area contributed by atoms with Crippen molar-refractivity contribution in [1.82, 2.24) is 4.31 Å². The number of sulfonamides is 1. The number of phenolic OH excluding ortho intramolecular Hbond substituents is 1. The van der Waals surface area contributed by atoms with E-state index in [-0.39, 0.29) is 28.2 Å². The fraction of sp³-hybridized carbons (Fsp3) is 0.462. The van der Waals surface area contributed by atoms with Gasteiger partial charge in [0.15, 0.2) is 0 Å². The zero-order valence-electron chi connectivity index (χ0n) is 11.5. The van der Waals surface area contributed by atoms with Gasteiger partial charge >= 0.3 is 0 Å². The fourth-order valence-electron chi connectivity index (χ4n) is 2.48. The third-order valence-corrected chi connectivity index (χ3v) is 5.59. The van der Waals surface area contributed by atoms with Crippen LogP contribution in [-0.2, 0) is 14.8 Å². The van der Waals surface area contributed by atoms with Crippen molar-refractivity contribution in [3.63, 3.8) is 0 Å². The molecule has 0 aromatic heterocycles. The van der Waals surface area contributed by atoms with E-state index in [4.69, 9.17) is 11.5 Å². The van der Waals surface area contributed by atoms with Crippen molar-refractivity contribution in [2.75, 3.05) is 18.8 Å². The highest BCUT2D eigenvalue weighted by atomic mass is 32.2. The van der Waals surface area contributed by atoms with Crippen LogP contribution in [0.15, 0.2) is 23.1 Å². The molecule has 1 aliphatic rings. The van der Waals surface area contributed by atoms with Crippen LogP contribution in [0, 0.1) is 5.92 Å². The summed E-state index contributed by atoms with van der Waals surface area (Å²) >= 11 is 0. The average molecular weight is 313 g/mol. The van der Waals surface area contributed by atoms with Crippen LogP contribution in [-0.4, -0.2) is 36.8 Å².